The maximum atomic E-state index is 6.34. The van der Waals surface area contributed by atoms with E-state index in [0.717, 1.165) is 16.9 Å². The molecule has 1 atom stereocenters. The zero-order valence-corrected chi connectivity index (χ0v) is 12.7. The molecule has 0 bridgehead atoms. The smallest absolute Gasteiger partial charge is 0.126 e. The molecule has 1 aromatic carbocycles. The first kappa shape index (κ1) is 15.0. The van der Waals surface area contributed by atoms with Gasteiger partial charge in [0.05, 0.1) is 13.2 Å². The second-order valence-electron chi connectivity index (χ2n) is 5.89. The molecule has 0 aliphatic heterocycles. The maximum Gasteiger partial charge on any atom is 0.126 e. The Balaban J connectivity index is 3.45. The first-order chi connectivity index (χ1) is 8.18. The molecule has 3 heteroatoms. The molecule has 0 aliphatic rings. The van der Waals surface area contributed by atoms with Crippen molar-refractivity contribution in [3.05, 3.63) is 28.8 Å². The van der Waals surface area contributed by atoms with Crippen molar-refractivity contribution in [2.24, 2.45) is 5.73 Å². The quantitative estimate of drug-likeness (QED) is 0.893. The third kappa shape index (κ3) is 3.03. The minimum absolute atomic E-state index is 0.117. The molecule has 3 nitrogen and oxygen atoms in total. The van der Waals surface area contributed by atoms with Crippen LogP contribution in [0.1, 0.15) is 36.6 Å². The Morgan fingerprint density at radius 1 is 1.22 bits per heavy atom. The molecule has 1 aromatic rings. The van der Waals surface area contributed by atoms with E-state index in [9.17, 15) is 0 Å². The van der Waals surface area contributed by atoms with Crippen LogP contribution >= 0.6 is 0 Å². The normalized spacial score (nSPS) is 13.8. The van der Waals surface area contributed by atoms with Crippen molar-refractivity contribution in [2.75, 3.05) is 21.2 Å². The van der Waals surface area contributed by atoms with E-state index in [1.165, 1.54) is 5.56 Å². The van der Waals surface area contributed by atoms with E-state index >= 15 is 0 Å². The molecule has 0 amide bonds. The number of benzene rings is 1. The van der Waals surface area contributed by atoms with Crippen LogP contribution in [-0.4, -0.2) is 31.6 Å². The highest BCUT2D eigenvalue weighted by Crippen LogP contribution is 2.37. The molecule has 0 radical (unpaired) electrons. The largest absolute Gasteiger partial charge is 0.496 e. The summed E-state index contributed by atoms with van der Waals surface area (Å²) in [7, 11) is 5.82. The SMILES string of the molecule is COc1c(C)cc(C)cc1C(N(C)C)C(C)(C)N. The van der Waals surface area contributed by atoms with Gasteiger partial charge < -0.3 is 15.4 Å². The van der Waals surface area contributed by atoms with Crippen molar-refractivity contribution in [3.8, 4) is 5.75 Å². The number of aryl methyl sites for hydroxylation is 2. The van der Waals surface area contributed by atoms with Crippen LogP contribution in [0.3, 0.4) is 0 Å². The van der Waals surface area contributed by atoms with Crippen LogP contribution in [0.15, 0.2) is 12.1 Å². The van der Waals surface area contributed by atoms with Crippen molar-refractivity contribution in [3.63, 3.8) is 0 Å². The fourth-order valence-electron chi connectivity index (χ4n) is 2.81. The first-order valence-corrected chi connectivity index (χ1v) is 6.29. The minimum atomic E-state index is -0.336. The maximum absolute atomic E-state index is 6.34. The Kier molecular flexibility index (Phi) is 4.41. The van der Waals surface area contributed by atoms with Gasteiger partial charge in [-0.25, -0.2) is 0 Å². The number of ether oxygens (including phenoxy) is 1. The number of nitrogens with zero attached hydrogens (tertiary/aromatic N) is 1. The molecule has 0 aromatic heterocycles. The molecule has 0 aliphatic carbocycles. The molecule has 0 saturated heterocycles. The van der Waals surface area contributed by atoms with Crippen molar-refractivity contribution in [2.45, 2.75) is 39.3 Å². The average molecular weight is 250 g/mol. The molecule has 0 fully saturated rings. The number of rotatable bonds is 4. The molecule has 102 valence electrons. The number of nitrogens with two attached hydrogens (primary N) is 1. The van der Waals surface area contributed by atoms with Gasteiger partial charge in [0.15, 0.2) is 0 Å². The van der Waals surface area contributed by atoms with Gasteiger partial charge in [0, 0.05) is 11.1 Å². The molecular formula is C15H26N2O. The predicted molar refractivity (Wildman–Crippen MR) is 77.2 cm³/mol. The number of hydrogen-bond acceptors (Lipinski definition) is 3. The minimum Gasteiger partial charge on any atom is -0.496 e. The Labute approximate surface area is 111 Å². The van der Waals surface area contributed by atoms with Gasteiger partial charge in [0.1, 0.15) is 5.75 Å². The van der Waals surface area contributed by atoms with E-state index < -0.39 is 0 Å². The van der Waals surface area contributed by atoms with E-state index in [0.29, 0.717) is 0 Å². The van der Waals surface area contributed by atoms with Crippen LogP contribution in [0.4, 0.5) is 0 Å². The summed E-state index contributed by atoms with van der Waals surface area (Å²) in [5, 5.41) is 0. The average Bonchev–Trinajstić information content (AvgIpc) is 2.13. The lowest BCUT2D eigenvalue weighted by Gasteiger charge is -2.37. The van der Waals surface area contributed by atoms with Crippen LogP contribution in [0.25, 0.3) is 0 Å². The molecule has 18 heavy (non-hydrogen) atoms. The fourth-order valence-corrected chi connectivity index (χ4v) is 2.81. The molecule has 2 N–H and O–H groups in total. The van der Waals surface area contributed by atoms with Crippen LogP contribution < -0.4 is 10.5 Å². The van der Waals surface area contributed by atoms with Crippen molar-refractivity contribution < 1.29 is 4.74 Å². The molecule has 0 saturated carbocycles. The highest BCUT2D eigenvalue weighted by atomic mass is 16.5. The third-order valence-corrected chi connectivity index (χ3v) is 3.17. The van der Waals surface area contributed by atoms with E-state index in [1.807, 2.05) is 0 Å². The predicted octanol–water partition coefficient (Wildman–Crippen LogP) is 2.65. The van der Waals surface area contributed by atoms with Crippen molar-refractivity contribution >= 4 is 0 Å². The van der Waals surface area contributed by atoms with E-state index in [2.05, 4.69) is 58.8 Å². The summed E-state index contributed by atoms with van der Waals surface area (Å²) >= 11 is 0. The van der Waals surface area contributed by atoms with Gasteiger partial charge in [-0.15, -0.1) is 0 Å². The van der Waals surface area contributed by atoms with E-state index in [-0.39, 0.29) is 11.6 Å². The molecule has 0 spiro atoms. The highest BCUT2D eigenvalue weighted by molar-refractivity contribution is 5.46. The highest BCUT2D eigenvalue weighted by Gasteiger charge is 2.31. The second-order valence-corrected chi connectivity index (χ2v) is 5.89. The lowest BCUT2D eigenvalue weighted by molar-refractivity contribution is 0.199. The molecular weight excluding hydrogens is 224 g/mol. The fraction of sp³-hybridized carbons (Fsp3) is 0.600. The number of methoxy groups -OCH3 is 1. The number of likely N-dealkylation sites (N-methyl/N-ethyl adjacent to an activating group) is 1. The van der Waals surface area contributed by atoms with Gasteiger partial charge in [0.2, 0.25) is 0 Å². The summed E-state index contributed by atoms with van der Waals surface area (Å²) in [6.07, 6.45) is 0. The topological polar surface area (TPSA) is 38.5 Å². The van der Waals surface area contributed by atoms with Gasteiger partial charge in [-0.1, -0.05) is 17.7 Å². The Bertz CT molecular complexity index is 419. The van der Waals surface area contributed by atoms with Crippen molar-refractivity contribution in [1.82, 2.24) is 4.90 Å². The summed E-state index contributed by atoms with van der Waals surface area (Å²) < 4.78 is 5.58. The van der Waals surface area contributed by atoms with E-state index in [1.54, 1.807) is 7.11 Å². The van der Waals surface area contributed by atoms with Crippen LogP contribution in [0, 0.1) is 13.8 Å². The lowest BCUT2D eigenvalue weighted by Crippen LogP contribution is -2.46. The zero-order chi connectivity index (χ0) is 14.1. The van der Waals surface area contributed by atoms with Gasteiger partial charge >= 0.3 is 0 Å². The van der Waals surface area contributed by atoms with Gasteiger partial charge in [-0.2, -0.15) is 0 Å². The zero-order valence-electron chi connectivity index (χ0n) is 12.7. The summed E-state index contributed by atoms with van der Waals surface area (Å²) in [5.41, 5.74) is 9.55. The van der Waals surface area contributed by atoms with Crippen LogP contribution in [-0.2, 0) is 0 Å². The van der Waals surface area contributed by atoms with Crippen LogP contribution in [0.5, 0.6) is 5.75 Å². The first-order valence-electron chi connectivity index (χ1n) is 6.29. The monoisotopic (exact) mass is 250 g/mol. The Morgan fingerprint density at radius 2 is 1.78 bits per heavy atom. The number of hydrogen-bond donors (Lipinski definition) is 1. The summed E-state index contributed by atoms with van der Waals surface area (Å²) in [6.45, 7) is 8.28. The summed E-state index contributed by atoms with van der Waals surface area (Å²) in [6, 6.07) is 4.43. The second kappa shape index (κ2) is 5.29. The van der Waals surface area contributed by atoms with Gasteiger partial charge in [-0.05, 0) is 47.4 Å². The molecule has 1 unspecified atom stereocenters. The Morgan fingerprint density at radius 3 is 2.17 bits per heavy atom. The van der Waals surface area contributed by atoms with Gasteiger partial charge in [-0.3, -0.25) is 0 Å². The van der Waals surface area contributed by atoms with Gasteiger partial charge in [0.25, 0.3) is 0 Å². The molecule has 1 rings (SSSR count). The standard InChI is InChI=1S/C15H26N2O/c1-10-8-11(2)13(18-7)12(9-10)14(17(5)6)15(3,4)16/h8-9,14H,16H2,1-7H3. The molecule has 0 heterocycles. The summed E-state index contributed by atoms with van der Waals surface area (Å²) in [4.78, 5) is 2.15. The lowest BCUT2D eigenvalue weighted by atomic mass is 9.86. The Hall–Kier alpha value is -1.06. The third-order valence-electron chi connectivity index (χ3n) is 3.17. The summed E-state index contributed by atoms with van der Waals surface area (Å²) in [5.74, 6) is 0.942. The van der Waals surface area contributed by atoms with Crippen molar-refractivity contribution in [1.29, 1.82) is 0 Å². The van der Waals surface area contributed by atoms with Crippen LogP contribution in [0.2, 0.25) is 0 Å². The van der Waals surface area contributed by atoms with E-state index in [4.69, 9.17) is 10.5 Å².